The molecule has 0 aromatic heterocycles. The van der Waals surface area contributed by atoms with Crippen molar-refractivity contribution in [2.75, 3.05) is 20.6 Å². The van der Waals surface area contributed by atoms with Crippen molar-refractivity contribution in [2.45, 2.75) is 12.8 Å². The lowest BCUT2D eigenvalue weighted by atomic mass is 10.1. The second-order valence-corrected chi connectivity index (χ2v) is 3.78. The van der Waals surface area contributed by atoms with E-state index in [1.54, 1.807) is 0 Å². The van der Waals surface area contributed by atoms with Crippen LogP contribution in [0.15, 0.2) is 36.4 Å². The van der Waals surface area contributed by atoms with E-state index in [9.17, 15) is 0 Å². The zero-order valence-electron chi connectivity index (χ0n) is 9.61. The highest BCUT2D eigenvalue weighted by atomic mass is 15.1. The molecular weight excluding hydrogens is 184 g/mol. The second kappa shape index (κ2) is 6.25. The minimum atomic E-state index is 0.756. The summed E-state index contributed by atoms with van der Waals surface area (Å²) < 4.78 is 0. The van der Waals surface area contributed by atoms with Crippen LogP contribution < -0.4 is 5.73 Å². The molecule has 0 radical (unpaired) electrons. The highest BCUT2D eigenvalue weighted by Crippen LogP contribution is 2.16. The van der Waals surface area contributed by atoms with Gasteiger partial charge in [0.25, 0.3) is 0 Å². The fourth-order valence-corrected chi connectivity index (χ4v) is 1.52. The van der Waals surface area contributed by atoms with Crippen molar-refractivity contribution < 1.29 is 0 Å². The molecule has 0 unspecified atom stereocenters. The molecule has 0 bridgehead atoms. The number of hydrogen-bond donors (Lipinski definition) is 1. The molecule has 0 aliphatic heterocycles. The summed E-state index contributed by atoms with van der Waals surface area (Å²) in [5.41, 5.74) is 8.02. The molecule has 82 valence electrons. The minimum absolute atomic E-state index is 0.756. The summed E-state index contributed by atoms with van der Waals surface area (Å²) in [7, 11) is 4.14. The van der Waals surface area contributed by atoms with Gasteiger partial charge in [0.1, 0.15) is 0 Å². The summed E-state index contributed by atoms with van der Waals surface area (Å²) >= 11 is 0. The van der Waals surface area contributed by atoms with Crippen molar-refractivity contribution in [2.24, 2.45) is 5.73 Å². The monoisotopic (exact) mass is 204 g/mol. The normalized spacial score (nSPS) is 11.5. The van der Waals surface area contributed by atoms with Crippen LogP contribution in [0.4, 0.5) is 0 Å². The Morgan fingerprint density at radius 2 is 1.93 bits per heavy atom. The maximum Gasteiger partial charge on any atom is 0.0394 e. The lowest BCUT2D eigenvalue weighted by Crippen LogP contribution is -2.10. The molecule has 2 nitrogen and oxygen atoms in total. The van der Waals surface area contributed by atoms with Crippen LogP contribution in [0.25, 0.3) is 5.70 Å². The number of rotatable bonds is 5. The molecule has 0 spiro atoms. The number of benzene rings is 1. The Labute approximate surface area is 92.4 Å². The molecule has 0 saturated carbocycles. The van der Waals surface area contributed by atoms with Crippen LogP contribution in [0.5, 0.6) is 0 Å². The van der Waals surface area contributed by atoms with Crippen molar-refractivity contribution in [3.05, 3.63) is 42.0 Å². The maximum atomic E-state index is 5.49. The first kappa shape index (κ1) is 11.8. The van der Waals surface area contributed by atoms with E-state index in [0.717, 1.165) is 19.4 Å². The number of nitrogens with zero attached hydrogens (tertiary/aromatic N) is 1. The van der Waals surface area contributed by atoms with Crippen LogP contribution in [0.1, 0.15) is 18.4 Å². The summed E-state index contributed by atoms with van der Waals surface area (Å²) in [5.74, 6) is 0. The number of hydrogen-bond acceptors (Lipinski definition) is 2. The highest BCUT2D eigenvalue weighted by molar-refractivity contribution is 5.63. The molecule has 1 aromatic rings. The van der Waals surface area contributed by atoms with Crippen molar-refractivity contribution in [1.29, 1.82) is 0 Å². The van der Waals surface area contributed by atoms with E-state index in [1.807, 2.05) is 6.07 Å². The molecule has 0 aliphatic carbocycles. The zero-order chi connectivity index (χ0) is 11.1. The van der Waals surface area contributed by atoms with E-state index in [1.165, 1.54) is 11.3 Å². The van der Waals surface area contributed by atoms with Gasteiger partial charge in [-0.2, -0.15) is 0 Å². The summed E-state index contributed by atoms with van der Waals surface area (Å²) in [4.78, 5) is 2.14. The van der Waals surface area contributed by atoms with E-state index in [4.69, 9.17) is 5.73 Å². The van der Waals surface area contributed by atoms with Crippen LogP contribution >= 0.6 is 0 Å². The lowest BCUT2D eigenvalue weighted by molar-refractivity contribution is 0.588. The molecule has 0 amide bonds. The molecule has 1 aromatic carbocycles. The van der Waals surface area contributed by atoms with Gasteiger partial charge in [0, 0.05) is 19.8 Å². The van der Waals surface area contributed by atoms with E-state index >= 15 is 0 Å². The van der Waals surface area contributed by atoms with Gasteiger partial charge in [0.15, 0.2) is 0 Å². The fraction of sp³-hybridized carbons (Fsp3) is 0.385. The Morgan fingerprint density at radius 3 is 2.47 bits per heavy atom. The molecule has 2 heteroatoms. The molecule has 15 heavy (non-hydrogen) atoms. The molecule has 0 aliphatic rings. The average molecular weight is 204 g/mol. The quantitative estimate of drug-likeness (QED) is 0.746. The fourth-order valence-electron chi connectivity index (χ4n) is 1.52. The Balaban J connectivity index is 2.79. The van der Waals surface area contributed by atoms with Crippen molar-refractivity contribution in [3.8, 4) is 0 Å². The summed E-state index contributed by atoms with van der Waals surface area (Å²) in [6, 6.07) is 10.4. The summed E-state index contributed by atoms with van der Waals surface area (Å²) in [6.07, 6.45) is 4.34. The van der Waals surface area contributed by atoms with Gasteiger partial charge in [-0.3, -0.25) is 0 Å². The van der Waals surface area contributed by atoms with E-state index in [-0.39, 0.29) is 0 Å². The van der Waals surface area contributed by atoms with Crippen LogP contribution in [0, 0.1) is 0 Å². The van der Waals surface area contributed by atoms with E-state index in [2.05, 4.69) is 49.3 Å². The van der Waals surface area contributed by atoms with Gasteiger partial charge in [-0.05, 0) is 24.9 Å². The molecule has 0 atom stereocenters. The standard InChI is InChI=1S/C13H20N2/c1-15(2)13(10-6-7-11-14)12-8-4-3-5-9-12/h3-5,8-10H,6-7,11,14H2,1-2H3. The second-order valence-electron chi connectivity index (χ2n) is 3.78. The first-order valence-corrected chi connectivity index (χ1v) is 5.38. The van der Waals surface area contributed by atoms with Crippen LogP contribution in [0.2, 0.25) is 0 Å². The Kier molecular flexibility index (Phi) is 4.91. The summed E-state index contributed by atoms with van der Waals surface area (Å²) in [5, 5.41) is 0. The van der Waals surface area contributed by atoms with Crippen LogP contribution in [-0.4, -0.2) is 25.5 Å². The van der Waals surface area contributed by atoms with Crippen molar-refractivity contribution in [1.82, 2.24) is 4.90 Å². The molecule has 1 rings (SSSR count). The SMILES string of the molecule is CN(C)C(=CCCCN)c1ccccc1. The molecule has 0 saturated heterocycles. The number of unbranched alkanes of at least 4 members (excludes halogenated alkanes) is 1. The minimum Gasteiger partial charge on any atom is -0.377 e. The van der Waals surface area contributed by atoms with Crippen LogP contribution in [0.3, 0.4) is 0 Å². The third-order valence-electron chi connectivity index (χ3n) is 2.30. The Bertz CT molecular complexity index is 302. The largest absolute Gasteiger partial charge is 0.377 e. The van der Waals surface area contributed by atoms with Gasteiger partial charge in [0.2, 0.25) is 0 Å². The third-order valence-corrected chi connectivity index (χ3v) is 2.30. The first-order chi connectivity index (χ1) is 7.25. The Morgan fingerprint density at radius 1 is 1.27 bits per heavy atom. The van der Waals surface area contributed by atoms with E-state index in [0.29, 0.717) is 0 Å². The predicted octanol–water partition coefficient (Wildman–Crippen LogP) is 2.33. The van der Waals surface area contributed by atoms with Crippen molar-refractivity contribution >= 4 is 5.70 Å². The first-order valence-electron chi connectivity index (χ1n) is 5.38. The number of nitrogens with two attached hydrogens (primary N) is 1. The van der Waals surface area contributed by atoms with Crippen LogP contribution in [-0.2, 0) is 0 Å². The molecule has 0 fully saturated rings. The smallest absolute Gasteiger partial charge is 0.0394 e. The van der Waals surface area contributed by atoms with Crippen molar-refractivity contribution in [3.63, 3.8) is 0 Å². The van der Waals surface area contributed by atoms with Gasteiger partial charge in [-0.1, -0.05) is 36.4 Å². The highest BCUT2D eigenvalue weighted by Gasteiger charge is 2.01. The van der Waals surface area contributed by atoms with Gasteiger partial charge >= 0.3 is 0 Å². The average Bonchev–Trinajstić information content (AvgIpc) is 2.25. The van der Waals surface area contributed by atoms with Gasteiger partial charge < -0.3 is 10.6 Å². The van der Waals surface area contributed by atoms with Gasteiger partial charge in [-0.15, -0.1) is 0 Å². The maximum absolute atomic E-state index is 5.49. The predicted molar refractivity (Wildman–Crippen MR) is 66.4 cm³/mol. The summed E-state index contributed by atoms with van der Waals surface area (Å²) in [6.45, 7) is 0.756. The van der Waals surface area contributed by atoms with Gasteiger partial charge in [0.05, 0.1) is 0 Å². The van der Waals surface area contributed by atoms with Gasteiger partial charge in [-0.25, -0.2) is 0 Å². The molecular formula is C13H20N2. The Hall–Kier alpha value is -1.28. The van der Waals surface area contributed by atoms with E-state index < -0.39 is 0 Å². The number of allylic oxidation sites excluding steroid dienone is 1. The zero-order valence-corrected chi connectivity index (χ0v) is 9.61. The lowest BCUT2D eigenvalue weighted by Gasteiger charge is -2.17. The molecule has 0 heterocycles. The molecule has 2 N–H and O–H groups in total. The topological polar surface area (TPSA) is 29.3 Å². The third kappa shape index (κ3) is 3.76.